The number of aliphatic hydroxyl groups is 1. The summed E-state index contributed by atoms with van der Waals surface area (Å²) in [6.45, 7) is 0.167. The van der Waals surface area contributed by atoms with Gasteiger partial charge >= 0.3 is 6.61 Å². The molecular weight excluding hydrogens is 473 g/mol. The molecular formula is C26H21F3N4O3. The van der Waals surface area contributed by atoms with Crippen molar-refractivity contribution in [2.45, 2.75) is 44.6 Å². The van der Waals surface area contributed by atoms with Crippen molar-refractivity contribution >= 4 is 16.9 Å². The third kappa shape index (κ3) is 3.43. The third-order valence-electron chi connectivity index (χ3n) is 6.75. The summed E-state index contributed by atoms with van der Waals surface area (Å²) >= 11 is 0. The van der Waals surface area contributed by atoms with Crippen LogP contribution in [0.15, 0.2) is 48.7 Å². The molecule has 4 heterocycles. The number of ether oxygens (including phenoxy) is 1. The number of nitrogens with zero attached hydrogens (tertiary/aromatic N) is 3. The monoisotopic (exact) mass is 494 g/mol. The van der Waals surface area contributed by atoms with Gasteiger partial charge in [0, 0.05) is 34.5 Å². The number of nitrogens with one attached hydrogen (secondary N) is 1. The smallest absolute Gasteiger partial charge is 0.387 e. The van der Waals surface area contributed by atoms with Gasteiger partial charge in [-0.3, -0.25) is 9.78 Å². The van der Waals surface area contributed by atoms with Crippen LogP contribution < -0.4 is 10.1 Å². The molecule has 2 aliphatic rings. The first kappa shape index (κ1) is 22.5. The Morgan fingerprint density at radius 3 is 2.69 bits per heavy atom. The lowest BCUT2D eigenvalue weighted by Crippen LogP contribution is -2.28. The zero-order chi connectivity index (χ0) is 25.4. The van der Waals surface area contributed by atoms with E-state index in [1.807, 2.05) is 4.57 Å². The van der Waals surface area contributed by atoms with Crippen LogP contribution >= 0.6 is 0 Å². The molecule has 0 unspecified atom stereocenters. The number of hydrogen-bond donors (Lipinski definition) is 2. The van der Waals surface area contributed by atoms with E-state index >= 15 is 4.39 Å². The molecule has 0 fully saturated rings. The lowest BCUT2D eigenvalue weighted by atomic mass is 9.97. The number of amides is 1. The van der Waals surface area contributed by atoms with Gasteiger partial charge in [-0.1, -0.05) is 12.1 Å². The van der Waals surface area contributed by atoms with E-state index < -0.39 is 36.0 Å². The molecule has 2 aromatic carbocycles. The number of pyridine rings is 1. The maximum atomic E-state index is 15.2. The maximum absolute atomic E-state index is 15.2. The highest BCUT2D eigenvalue weighted by Gasteiger charge is 2.42. The van der Waals surface area contributed by atoms with E-state index in [0.717, 1.165) is 0 Å². The van der Waals surface area contributed by atoms with Crippen LogP contribution in [0.4, 0.5) is 13.2 Å². The van der Waals surface area contributed by atoms with E-state index in [9.17, 15) is 18.7 Å². The Kier molecular flexibility index (Phi) is 4.88. The standard InChI is InChI=1S/C26H21F3N4O3/c1-26(2,35)21-7-6-12(11-30-21)14-8-18-16(9-15(14)27)31-23-17-10-19(33(18)23)22-13(24(34)32-17)4-3-5-20(22)36-25(28)29/h3-9,11,17,19,25,35H,10H2,1-2H3,(H,32,34)/t17-,19-/m0/s1. The van der Waals surface area contributed by atoms with Crippen LogP contribution in [0.3, 0.4) is 0 Å². The molecule has 2 aliphatic heterocycles. The molecule has 0 spiro atoms. The Morgan fingerprint density at radius 1 is 1.19 bits per heavy atom. The molecule has 2 N–H and O–H groups in total. The topological polar surface area (TPSA) is 89.3 Å². The molecule has 0 saturated heterocycles. The highest BCUT2D eigenvalue weighted by molar-refractivity contribution is 5.98. The Bertz CT molecular complexity index is 1530. The molecule has 0 aliphatic carbocycles. The van der Waals surface area contributed by atoms with Crippen molar-refractivity contribution in [3.63, 3.8) is 0 Å². The quantitative estimate of drug-likeness (QED) is 0.424. The molecule has 7 nitrogen and oxygen atoms in total. The minimum absolute atomic E-state index is 0.0771. The second kappa shape index (κ2) is 7.79. The van der Waals surface area contributed by atoms with Crippen molar-refractivity contribution < 1.29 is 27.8 Å². The molecule has 1 amide bonds. The van der Waals surface area contributed by atoms with Crippen molar-refractivity contribution in [2.75, 3.05) is 0 Å². The van der Waals surface area contributed by atoms with Gasteiger partial charge in [0.25, 0.3) is 5.91 Å². The van der Waals surface area contributed by atoms with Crippen LogP contribution in [0, 0.1) is 5.82 Å². The highest BCUT2D eigenvalue weighted by atomic mass is 19.3. The van der Waals surface area contributed by atoms with Crippen molar-refractivity contribution in [1.82, 2.24) is 19.9 Å². The van der Waals surface area contributed by atoms with E-state index in [4.69, 9.17) is 4.74 Å². The fourth-order valence-electron chi connectivity index (χ4n) is 5.17. The first-order valence-electron chi connectivity index (χ1n) is 11.4. The van der Waals surface area contributed by atoms with Gasteiger partial charge in [0.1, 0.15) is 23.0 Å². The summed E-state index contributed by atoms with van der Waals surface area (Å²) in [6.07, 6.45) is 1.89. The summed E-state index contributed by atoms with van der Waals surface area (Å²) < 4.78 is 48.2. The van der Waals surface area contributed by atoms with Gasteiger partial charge in [-0.25, -0.2) is 9.37 Å². The molecule has 2 atom stereocenters. The zero-order valence-electron chi connectivity index (χ0n) is 19.3. The van der Waals surface area contributed by atoms with Crippen molar-refractivity contribution in [3.05, 3.63) is 77.1 Å². The summed E-state index contributed by atoms with van der Waals surface area (Å²) in [5.41, 5.74) is 1.66. The number of fused-ring (bicyclic) bond motifs is 9. The maximum Gasteiger partial charge on any atom is 0.387 e. The SMILES string of the molecule is CC(C)(O)c1ccc(-c2cc3c(cc2F)nc2n3[C@H]3C[C@@H]2NC(=O)c2cccc(OC(F)F)c23)cn1. The van der Waals surface area contributed by atoms with Gasteiger partial charge < -0.3 is 19.7 Å². The molecule has 0 radical (unpaired) electrons. The van der Waals surface area contributed by atoms with Gasteiger partial charge in [0.05, 0.1) is 28.8 Å². The number of hydrogen-bond acceptors (Lipinski definition) is 5. The number of halogens is 3. The van der Waals surface area contributed by atoms with Crippen molar-refractivity contribution in [1.29, 1.82) is 0 Å². The number of rotatable bonds is 4. The van der Waals surface area contributed by atoms with Crippen LogP contribution in [0.5, 0.6) is 5.75 Å². The largest absolute Gasteiger partial charge is 0.434 e. The highest BCUT2D eigenvalue weighted by Crippen LogP contribution is 2.48. The normalized spacial score (nSPS) is 18.7. The van der Waals surface area contributed by atoms with Gasteiger partial charge in [0.2, 0.25) is 0 Å². The average Bonchev–Trinajstić information content (AvgIpc) is 3.29. The fourth-order valence-corrected chi connectivity index (χ4v) is 5.17. The first-order chi connectivity index (χ1) is 17.1. The van der Waals surface area contributed by atoms with Crippen LogP contribution in [-0.4, -0.2) is 32.2 Å². The second-order valence-corrected chi connectivity index (χ2v) is 9.53. The van der Waals surface area contributed by atoms with E-state index in [1.54, 1.807) is 38.1 Å². The van der Waals surface area contributed by atoms with E-state index in [0.29, 0.717) is 40.1 Å². The lowest BCUT2D eigenvalue weighted by molar-refractivity contribution is -0.0507. The molecule has 6 rings (SSSR count). The van der Waals surface area contributed by atoms with Crippen molar-refractivity contribution in [2.24, 2.45) is 0 Å². The predicted octanol–water partition coefficient (Wildman–Crippen LogP) is 4.84. The summed E-state index contributed by atoms with van der Waals surface area (Å²) in [6, 6.07) is 9.78. The summed E-state index contributed by atoms with van der Waals surface area (Å²) in [5, 5.41) is 13.1. The lowest BCUT2D eigenvalue weighted by Gasteiger charge is -2.21. The molecule has 4 aromatic rings. The second-order valence-electron chi connectivity index (χ2n) is 9.53. The van der Waals surface area contributed by atoms with Crippen molar-refractivity contribution in [3.8, 4) is 16.9 Å². The summed E-state index contributed by atoms with van der Waals surface area (Å²) in [4.78, 5) is 21.7. The Hall–Kier alpha value is -3.92. The molecule has 2 bridgehead atoms. The van der Waals surface area contributed by atoms with Gasteiger partial charge in [0.15, 0.2) is 0 Å². The number of aromatic nitrogens is 3. The van der Waals surface area contributed by atoms with E-state index in [1.165, 1.54) is 24.4 Å². The van der Waals surface area contributed by atoms with Crippen LogP contribution in [0.25, 0.3) is 22.2 Å². The minimum atomic E-state index is -3.06. The minimum Gasteiger partial charge on any atom is -0.434 e. The average molecular weight is 494 g/mol. The Morgan fingerprint density at radius 2 is 2.00 bits per heavy atom. The van der Waals surface area contributed by atoms with Gasteiger partial charge in [-0.2, -0.15) is 8.78 Å². The number of carbonyl (C=O) groups excluding carboxylic acids is 1. The number of benzene rings is 2. The van der Waals surface area contributed by atoms with Crippen LogP contribution in [-0.2, 0) is 5.60 Å². The molecule has 10 heteroatoms. The van der Waals surface area contributed by atoms with E-state index in [2.05, 4.69) is 15.3 Å². The summed E-state index contributed by atoms with van der Waals surface area (Å²) in [7, 11) is 0. The zero-order valence-corrected chi connectivity index (χ0v) is 19.3. The summed E-state index contributed by atoms with van der Waals surface area (Å²) in [5.74, 6) is -0.466. The van der Waals surface area contributed by atoms with Crippen LogP contribution in [0.2, 0.25) is 0 Å². The number of imidazole rings is 1. The third-order valence-corrected chi connectivity index (χ3v) is 6.75. The van der Waals surface area contributed by atoms with Gasteiger partial charge in [-0.15, -0.1) is 0 Å². The predicted molar refractivity (Wildman–Crippen MR) is 124 cm³/mol. The fraction of sp³-hybridized carbons (Fsp3) is 0.269. The van der Waals surface area contributed by atoms with E-state index in [-0.39, 0.29) is 16.9 Å². The molecule has 184 valence electrons. The number of carbonyl (C=O) groups is 1. The number of alkyl halides is 2. The molecule has 0 saturated carbocycles. The molecule has 36 heavy (non-hydrogen) atoms. The van der Waals surface area contributed by atoms with Crippen LogP contribution in [0.1, 0.15) is 59.8 Å². The Balaban J connectivity index is 1.53. The van der Waals surface area contributed by atoms with Gasteiger partial charge in [-0.05, 0) is 44.5 Å². The molecule has 2 aromatic heterocycles. The Labute approximate surface area is 203 Å². The first-order valence-corrected chi connectivity index (χ1v) is 11.4.